The van der Waals surface area contributed by atoms with Crippen molar-refractivity contribution in [1.82, 2.24) is 5.32 Å². The fourth-order valence-corrected chi connectivity index (χ4v) is 1.22. The topological polar surface area (TPSA) is 29.1 Å². The fourth-order valence-electron chi connectivity index (χ4n) is 1.22. The van der Waals surface area contributed by atoms with Crippen LogP contribution in [0.15, 0.2) is 72.9 Å². The first-order valence-electron chi connectivity index (χ1n) is 6.86. The first-order chi connectivity index (χ1) is 9.66. The highest BCUT2D eigenvalue weighted by atomic mass is 16.1. The summed E-state index contributed by atoms with van der Waals surface area (Å²) < 4.78 is 0. The quantitative estimate of drug-likeness (QED) is 0.289. The number of hydrogen-bond donors (Lipinski definition) is 1. The lowest BCUT2D eigenvalue weighted by atomic mass is 10.2. The highest BCUT2D eigenvalue weighted by molar-refractivity contribution is 5.87. The third-order valence-corrected chi connectivity index (χ3v) is 2.22. The maximum atomic E-state index is 11.3. The van der Waals surface area contributed by atoms with Crippen molar-refractivity contribution >= 4 is 5.91 Å². The van der Waals surface area contributed by atoms with Crippen LogP contribution in [0, 0.1) is 0 Å². The monoisotopic (exact) mass is 271 g/mol. The first-order valence-corrected chi connectivity index (χ1v) is 6.86. The molecule has 0 rings (SSSR count). The van der Waals surface area contributed by atoms with Crippen LogP contribution in [0.5, 0.6) is 0 Å². The van der Waals surface area contributed by atoms with E-state index in [1.807, 2.05) is 56.4 Å². The lowest BCUT2D eigenvalue weighted by Gasteiger charge is -1.98. The number of carbonyl (C=O) groups excluding carboxylic acids is 1. The summed E-state index contributed by atoms with van der Waals surface area (Å²) in [5.41, 5.74) is 0.942. The van der Waals surface area contributed by atoms with Gasteiger partial charge in [0.2, 0.25) is 5.91 Å². The molecule has 1 N–H and O–H groups in total. The van der Waals surface area contributed by atoms with E-state index in [2.05, 4.69) is 18.0 Å². The zero-order chi connectivity index (χ0) is 15.1. The summed E-state index contributed by atoms with van der Waals surface area (Å²) >= 11 is 0. The average Bonchev–Trinajstić information content (AvgIpc) is 2.42. The zero-order valence-corrected chi connectivity index (χ0v) is 12.5. The SMILES string of the molecule is C=C(C)CNC(=O)C=CC=CCCC=CC=CC=CC. The molecule has 0 radical (unpaired) electrons. The van der Waals surface area contributed by atoms with Crippen molar-refractivity contribution in [2.75, 3.05) is 6.54 Å². The third-order valence-electron chi connectivity index (χ3n) is 2.22. The molecule has 108 valence electrons. The van der Waals surface area contributed by atoms with Gasteiger partial charge in [0.1, 0.15) is 0 Å². The molecule has 0 spiro atoms. The Morgan fingerprint density at radius 1 is 1.00 bits per heavy atom. The zero-order valence-electron chi connectivity index (χ0n) is 12.5. The Morgan fingerprint density at radius 3 is 2.20 bits per heavy atom. The maximum absolute atomic E-state index is 11.3. The smallest absolute Gasteiger partial charge is 0.244 e. The van der Waals surface area contributed by atoms with Gasteiger partial charge in [-0.3, -0.25) is 4.79 Å². The Bertz CT molecular complexity index is 423. The van der Waals surface area contributed by atoms with E-state index in [0.29, 0.717) is 6.54 Å². The fraction of sp³-hybridized carbons (Fsp3) is 0.278. The van der Waals surface area contributed by atoms with Crippen molar-refractivity contribution in [3.05, 3.63) is 72.9 Å². The molecule has 0 aromatic heterocycles. The first kappa shape index (κ1) is 17.9. The highest BCUT2D eigenvalue weighted by Gasteiger charge is 1.91. The molecule has 0 unspecified atom stereocenters. The summed E-state index contributed by atoms with van der Waals surface area (Å²) in [5, 5.41) is 2.73. The van der Waals surface area contributed by atoms with E-state index < -0.39 is 0 Å². The Kier molecular flexibility index (Phi) is 11.9. The van der Waals surface area contributed by atoms with Crippen LogP contribution < -0.4 is 5.32 Å². The molecule has 2 heteroatoms. The van der Waals surface area contributed by atoms with Gasteiger partial charge in [-0.05, 0) is 26.7 Å². The maximum Gasteiger partial charge on any atom is 0.244 e. The number of rotatable bonds is 9. The molecule has 0 aromatic carbocycles. The van der Waals surface area contributed by atoms with Crippen LogP contribution >= 0.6 is 0 Å². The number of unbranched alkanes of at least 4 members (excludes halogenated alkanes) is 1. The van der Waals surface area contributed by atoms with E-state index >= 15 is 0 Å². The van der Waals surface area contributed by atoms with Crippen LogP contribution in [-0.2, 0) is 4.79 Å². The largest absolute Gasteiger partial charge is 0.349 e. The number of hydrogen-bond acceptors (Lipinski definition) is 1. The molecular formula is C18H25NO. The molecule has 20 heavy (non-hydrogen) atoms. The summed E-state index contributed by atoms with van der Waals surface area (Å²) in [6.45, 7) is 8.12. The van der Waals surface area contributed by atoms with Crippen LogP contribution in [0.1, 0.15) is 26.7 Å². The Hall–Kier alpha value is -2.09. The van der Waals surface area contributed by atoms with Gasteiger partial charge in [0.05, 0.1) is 0 Å². The second-order valence-electron chi connectivity index (χ2n) is 4.38. The predicted molar refractivity (Wildman–Crippen MR) is 88.4 cm³/mol. The highest BCUT2D eigenvalue weighted by Crippen LogP contribution is 1.94. The predicted octanol–water partition coefficient (Wildman–Crippen LogP) is 4.26. The minimum absolute atomic E-state index is 0.0911. The van der Waals surface area contributed by atoms with Crippen LogP contribution in [0.3, 0.4) is 0 Å². The van der Waals surface area contributed by atoms with Gasteiger partial charge in [0, 0.05) is 12.6 Å². The van der Waals surface area contributed by atoms with Gasteiger partial charge in [0.25, 0.3) is 0 Å². The molecule has 0 aromatic rings. The van der Waals surface area contributed by atoms with Gasteiger partial charge in [-0.15, -0.1) is 0 Å². The number of amides is 1. The van der Waals surface area contributed by atoms with Crippen molar-refractivity contribution in [3.8, 4) is 0 Å². The molecule has 0 saturated carbocycles. The van der Waals surface area contributed by atoms with Crippen molar-refractivity contribution in [3.63, 3.8) is 0 Å². The molecule has 0 bridgehead atoms. The van der Waals surface area contributed by atoms with E-state index in [0.717, 1.165) is 18.4 Å². The second kappa shape index (κ2) is 13.3. The Labute approximate surface area is 123 Å². The molecule has 1 amide bonds. The lowest BCUT2D eigenvalue weighted by molar-refractivity contribution is -0.116. The third kappa shape index (κ3) is 14.0. The normalized spacial score (nSPS) is 12.5. The molecular weight excluding hydrogens is 246 g/mol. The molecule has 0 aliphatic heterocycles. The van der Waals surface area contributed by atoms with Crippen LogP contribution in [0.2, 0.25) is 0 Å². The van der Waals surface area contributed by atoms with Gasteiger partial charge < -0.3 is 5.32 Å². The number of allylic oxidation sites excluding steroid dienone is 9. The van der Waals surface area contributed by atoms with Gasteiger partial charge in [0.15, 0.2) is 0 Å². The average molecular weight is 271 g/mol. The summed E-state index contributed by atoms with van der Waals surface area (Å²) in [7, 11) is 0. The van der Waals surface area contributed by atoms with Gasteiger partial charge in [-0.1, -0.05) is 66.8 Å². The molecule has 0 aliphatic rings. The van der Waals surface area contributed by atoms with E-state index in [-0.39, 0.29) is 5.91 Å². The van der Waals surface area contributed by atoms with Crippen LogP contribution in [-0.4, -0.2) is 12.5 Å². The molecule has 2 nitrogen and oxygen atoms in total. The Balaban J connectivity index is 3.70. The summed E-state index contributed by atoms with van der Waals surface area (Å²) in [4.78, 5) is 11.3. The summed E-state index contributed by atoms with van der Waals surface area (Å²) in [5.74, 6) is -0.0911. The van der Waals surface area contributed by atoms with Crippen molar-refractivity contribution in [2.45, 2.75) is 26.7 Å². The van der Waals surface area contributed by atoms with Crippen molar-refractivity contribution in [2.24, 2.45) is 0 Å². The van der Waals surface area contributed by atoms with E-state index in [1.165, 1.54) is 6.08 Å². The molecule has 0 fully saturated rings. The molecule has 0 aliphatic carbocycles. The number of nitrogens with one attached hydrogen (secondary N) is 1. The molecule has 0 heterocycles. The van der Waals surface area contributed by atoms with Crippen molar-refractivity contribution in [1.29, 1.82) is 0 Å². The molecule has 0 atom stereocenters. The standard InChI is InChI=1S/C18H25NO/c1-4-5-6-7-8-9-10-11-12-13-14-15-18(20)19-16-17(2)3/h4-9,12-15H,2,10-11,16H2,1,3H3,(H,19,20). The number of carbonyl (C=O) groups is 1. The summed E-state index contributed by atoms with van der Waals surface area (Å²) in [6.07, 6.45) is 21.3. The van der Waals surface area contributed by atoms with E-state index in [1.54, 1.807) is 6.08 Å². The van der Waals surface area contributed by atoms with Crippen LogP contribution in [0.25, 0.3) is 0 Å². The van der Waals surface area contributed by atoms with Gasteiger partial charge in [-0.25, -0.2) is 0 Å². The Morgan fingerprint density at radius 2 is 1.60 bits per heavy atom. The lowest BCUT2D eigenvalue weighted by Crippen LogP contribution is -2.22. The summed E-state index contributed by atoms with van der Waals surface area (Å²) in [6, 6.07) is 0. The second-order valence-corrected chi connectivity index (χ2v) is 4.38. The van der Waals surface area contributed by atoms with Crippen LogP contribution in [0.4, 0.5) is 0 Å². The van der Waals surface area contributed by atoms with E-state index in [9.17, 15) is 4.79 Å². The van der Waals surface area contributed by atoms with Crippen molar-refractivity contribution < 1.29 is 4.79 Å². The van der Waals surface area contributed by atoms with Gasteiger partial charge >= 0.3 is 0 Å². The van der Waals surface area contributed by atoms with E-state index in [4.69, 9.17) is 0 Å². The minimum Gasteiger partial charge on any atom is -0.349 e. The molecule has 0 saturated heterocycles. The van der Waals surface area contributed by atoms with Gasteiger partial charge in [-0.2, -0.15) is 0 Å². The minimum atomic E-state index is -0.0911.